The van der Waals surface area contributed by atoms with Gasteiger partial charge in [0.1, 0.15) is 11.5 Å². The summed E-state index contributed by atoms with van der Waals surface area (Å²) in [6.07, 6.45) is 3.99. The standard InChI is InChI=1S/C38H48N6O6/c1-25-26(2)36(46)40(3)24-31(25)28-6-7-30(34(21-28)50-5)23-42-18-16-41(17-19-42)22-27-10-13-43(14-11-27)37(47)29-8-9-33(49-4)32(20-29)44-15-12-35(45)39-38(44)48/h6-9,20-21,24,27H,10-19,22-23H2,1-5H3,(H,39,45,48). The zero-order valence-electron chi connectivity index (χ0n) is 29.8. The Bertz CT molecular complexity index is 1820. The smallest absolute Gasteiger partial charge is 0.328 e. The Morgan fingerprint density at radius 3 is 2.22 bits per heavy atom. The summed E-state index contributed by atoms with van der Waals surface area (Å²) in [6, 6.07) is 11.0. The first-order chi connectivity index (χ1) is 24.1. The fraction of sp³-hybridized carbons (Fsp3) is 0.474. The quantitative estimate of drug-likeness (QED) is 0.362. The number of hydrogen-bond acceptors (Lipinski definition) is 8. The molecule has 3 aliphatic rings. The van der Waals surface area contributed by atoms with E-state index in [0.29, 0.717) is 36.0 Å². The molecule has 0 spiro atoms. The molecule has 3 fully saturated rings. The lowest BCUT2D eigenvalue weighted by Crippen LogP contribution is -2.49. The number of nitrogens with one attached hydrogen (secondary N) is 1. The van der Waals surface area contributed by atoms with E-state index in [0.717, 1.165) is 85.7 Å². The molecule has 4 amide bonds. The van der Waals surface area contributed by atoms with Crippen LogP contribution in [0.1, 0.15) is 46.3 Å². The number of aromatic nitrogens is 1. The van der Waals surface area contributed by atoms with Gasteiger partial charge in [-0.25, -0.2) is 4.79 Å². The molecule has 12 heteroatoms. The molecule has 12 nitrogen and oxygen atoms in total. The average Bonchev–Trinajstić information content (AvgIpc) is 3.13. The number of nitrogens with zero attached hydrogens (tertiary/aromatic N) is 5. The van der Waals surface area contributed by atoms with E-state index in [1.807, 2.05) is 24.9 Å². The van der Waals surface area contributed by atoms with Crippen LogP contribution in [0, 0.1) is 19.8 Å². The molecule has 6 rings (SSSR count). The van der Waals surface area contributed by atoms with Crippen LogP contribution in [0.25, 0.3) is 11.1 Å². The first-order valence-corrected chi connectivity index (χ1v) is 17.4. The highest BCUT2D eigenvalue weighted by molar-refractivity contribution is 6.07. The predicted octanol–water partition coefficient (Wildman–Crippen LogP) is 3.80. The number of urea groups is 1. The number of aryl methyl sites for hydroxylation is 1. The highest BCUT2D eigenvalue weighted by Crippen LogP contribution is 2.33. The minimum Gasteiger partial charge on any atom is -0.496 e. The lowest BCUT2D eigenvalue weighted by atomic mass is 9.95. The summed E-state index contributed by atoms with van der Waals surface area (Å²) < 4.78 is 12.9. The molecule has 1 N–H and O–H groups in total. The Labute approximate surface area is 293 Å². The maximum atomic E-state index is 13.5. The third-order valence-electron chi connectivity index (χ3n) is 10.6. The molecule has 0 bridgehead atoms. The van der Waals surface area contributed by atoms with E-state index in [9.17, 15) is 19.2 Å². The van der Waals surface area contributed by atoms with Crippen LogP contribution in [0.4, 0.5) is 10.5 Å². The van der Waals surface area contributed by atoms with Crippen molar-refractivity contribution in [2.45, 2.75) is 39.7 Å². The number of benzene rings is 2. The fourth-order valence-corrected chi connectivity index (χ4v) is 7.37. The van der Waals surface area contributed by atoms with Crippen molar-refractivity contribution in [2.24, 2.45) is 13.0 Å². The summed E-state index contributed by atoms with van der Waals surface area (Å²) in [5.74, 6) is 1.50. The van der Waals surface area contributed by atoms with Gasteiger partial charge in [0.15, 0.2) is 0 Å². The summed E-state index contributed by atoms with van der Waals surface area (Å²) in [5, 5.41) is 2.34. The number of ether oxygens (including phenoxy) is 2. The average molecular weight is 685 g/mol. The maximum absolute atomic E-state index is 13.5. The van der Waals surface area contributed by atoms with E-state index in [-0.39, 0.29) is 30.3 Å². The lowest BCUT2D eigenvalue weighted by molar-refractivity contribution is -0.120. The Hall–Kier alpha value is -4.68. The van der Waals surface area contributed by atoms with E-state index < -0.39 is 6.03 Å². The number of imide groups is 1. The molecular formula is C38H48N6O6. The number of methoxy groups -OCH3 is 2. The number of hydrogen-bond donors (Lipinski definition) is 1. The first-order valence-electron chi connectivity index (χ1n) is 17.4. The van der Waals surface area contributed by atoms with Crippen molar-refractivity contribution in [3.05, 3.63) is 75.2 Å². The number of rotatable bonds is 9. The van der Waals surface area contributed by atoms with Crippen LogP contribution in [0.2, 0.25) is 0 Å². The highest BCUT2D eigenvalue weighted by atomic mass is 16.5. The molecule has 0 radical (unpaired) electrons. The van der Waals surface area contributed by atoms with Crippen molar-refractivity contribution in [3.8, 4) is 22.6 Å². The third kappa shape index (κ3) is 7.41. The molecule has 50 heavy (non-hydrogen) atoms. The van der Waals surface area contributed by atoms with Crippen LogP contribution in [-0.2, 0) is 18.4 Å². The number of amides is 4. The number of anilines is 1. The number of pyridine rings is 1. The summed E-state index contributed by atoms with van der Waals surface area (Å²) in [6.45, 7) is 11.3. The van der Waals surface area contributed by atoms with Gasteiger partial charge in [-0.1, -0.05) is 12.1 Å². The van der Waals surface area contributed by atoms with Gasteiger partial charge >= 0.3 is 6.03 Å². The summed E-state index contributed by atoms with van der Waals surface area (Å²) >= 11 is 0. The van der Waals surface area contributed by atoms with Crippen LogP contribution in [0.15, 0.2) is 47.4 Å². The predicted molar refractivity (Wildman–Crippen MR) is 192 cm³/mol. The Kier molecular flexibility index (Phi) is 10.6. The second-order valence-corrected chi connectivity index (χ2v) is 13.7. The van der Waals surface area contributed by atoms with Gasteiger partial charge < -0.3 is 23.8 Å². The number of piperidine rings is 1. The molecule has 0 saturated carbocycles. The van der Waals surface area contributed by atoms with Gasteiger partial charge in [0, 0.05) is 101 Å². The lowest BCUT2D eigenvalue weighted by Gasteiger charge is -2.39. The van der Waals surface area contributed by atoms with Gasteiger partial charge in [-0.2, -0.15) is 0 Å². The number of carbonyl (C=O) groups is 3. The van der Waals surface area contributed by atoms with Gasteiger partial charge in [0.2, 0.25) is 5.91 Å². The molecule has 1 aromatic heterocycles. The van der Waals surface area contributed by atoms with Crippen molar-refractivity contribution in [2.75, 3.05) is 71.5 Å². The Morgan fingerprint density at radius 2 is 1.54 bits per heavy atom. The topological polar surface area (TPSA) is 117 Å². The summed E-state index contributed by atoms with van der Waals surface area (Å²) in [5.41, 5.74) is 6.00. The van der Waals surface area contributed by atoms with Gasteiger partial charge in [0.05, 0.1) is 19.9 Å². The molecule has 3 aromatic rings. The van der Waals surface area contributed by atoms with Crippen molar-refractivity contribution >= 4 is 23.5 Å². The normalized spacial score (nSPS) is 17.9. The number of carbonyl (C=O) groups excluding carboxylic acids is 3. The molecule has 0 aliphatic carbocycles. The second kappa shape index (κ2) is 15.1. The second-order valence-electron chi connectivity index (χ2n) is 13.7. The Balaban J connectivity index is 0.995. The van der Waals surface area contributed by atoms with Crippen molar-refractivity contribution < 1.29 is 23.9 Å². The van der Waals surface area contributed by atoms with Crippen LogP contribution in [0.3, 0.4) is 0 Å². The maximum Gasteiger partial charge on any atom is 0.328 e. The highest BCUT2D eigenvalue weighted by Gasteiger charge is 2.30. The van der Waals surface area contributed by atoms with Gasteiger partial charge in [-0.3, -0.25) is 29.5 Å². The zero-order chi connectivity index (χ0) is 35.5. The third-order valence-corrected chi connectivity index (χ3v) is 10.6. The van der Waals surface area contributed by atoms with E-state index in [1.54, 1.807) is 36.9 Å². The van der Waals surface area contributed by atoms with E-state index >= 15 is 0 Å². The van der Waals surface area contributed by atoms with Crippen LogP contribution < -0.4 is 25.2 Å². The summed E-state index contributed by atoms with van der Waals surface area (Å²) in [4.78, 5) is 58.4. The van der Waals surface area contributed by atoms with Gasteiger partial charge in [-0.05, 0) is 68.0 Å². The largest absolute Gasteiger partial charge is 0.496 e. The molecule has 3 aliphatic heterocycles. The molecule has 4 heterocycles. The van der Waals surface area contributed by atoms with E-state index in [1.165, 1.54) is 12.0 Å². The SMILES string of the molecule is COc1cc(-c2cn(C)c(=O)c(C)c2C)ccc1CN1CCN(CC2CCN(C(=O)c3ccc(OC)c(N4CCC(=O)NC4=O)c3)CC2)CC1. The van der Waals surface area contributed by atoms with Gasteiger partial charge in [-0.15, -0.1) is 0 Å². The molecule has 2 aromatic carbocycles. The van der Waals surface area contributed by atoms with Crippen LogP contribution in [0.5, 0.6) is 11.5 Å². The van der Waals surface area contributed by atoms with Crippen LogP contribution >= 0.6 is 0 Å². The van der Waals surface area contributed by atoms with E-state index in [2.05, 4.69) is 33.3 Å². The van der Waals surface area contributed by atoms with Crippen LogP contribution in [-0.4, -0.2) is 104 Å². The fourth-order valence-electron chi connectivity index (χ4n) is 7.37. The van der Waals surface area contributed by atoms with Crippen molar-refractivity contribution in [1.29, 1.82) is 0 Å². The zero-order valence-corrected chi connectivity index (χ0v) is 29.8. The monoisotopic (exact) mass is 684 g/mol. The molecule has 266 valence electrons. The van der Waals surface area contributed by atoms with Gasteiger partial charge in [0.25, 0.3) is 11.5 Å². The molecule has 0 atom stereocenters. The van der Waals surface area contributed by atoms with E-state index in [4.69, 9.17) is 9.47 Å². The number of likely N-dealkylation sites (tertiary alicyclic amines) is 1. The van der Waals surface area contributed by atoms with Crippen molar-refractivity contribution in [3.63, 3.8) is 0 Å². The summed E-state index contributed by atoms with van der Waals surface area (Å²) in [7, 11) is 5.03. The first kappa shape index (κ1) is 35.2. The molecule has 3 saturated heterocycles. The van der Waals surface area contributed by atoms with Crippen molar-refractivity contribution in [1.82, 2.24) is 24.6 Å². The number of piperazine rings is 1. The molecule has 0 unspecified atom stereocenters. The minimum absolute atomic E-state index is 0.0290. The Morgan fingerprint density at radius 1 is 0.840 bits per heavy atom. The minimum atomic E-state index is -0.510. The molecular weight excluding hydrogens is 636 g/mol.